The van der Waals surface area contributed by atoms with Crippen molar-refractivity contribution < 1.29 is 12.6 Å². The smallest absolute Gasteiger partial charge is 0.233 e. The van der Waals surface area contributed by atoms with E-state index in [2.05, 4.69) is 3.77 Å². The van der Waals surface area contributed by atoms with E-state index in [9.17, 15) is 12.6 Å². The Bertz CT molecular complexity index is 338. The van der Waals surface area contributed by atoms with Crippen LogP contribution in [0.5, 0.6) is 0 Å². The third kappa shape index (κ3) is 4.57. The first kappa shape index (κ1) is 11.2. The van der Waals surface area contributed by atoms with Gasteiger partial charge < -0.3 is 0 Å². The van der Waals surface area contributed by atoms with Crippen LogP contribution in [0.2, 0.25) is 0 Å². The van der Waals surface area contributed by atoms with E-state index >= 15 is 0 Å². The first-order valence-corrected chi connectivity index (χ1v) is 6.65. The van der Waals surface area contributed by atoms with Gasteiger partial charge in [0.1, 0.15) is 9.92 Å². The van der Waals surface area contributed by atoms with Crippen LogP contribution >= 0.6 is 10.7 Å². The van der Waals surface area contributed by atoms with Crippen LogP contribution in [-0.2, 0) is 19.2 Å². The van der Waals surface area contributed by atoms with Gasteiger partial charge in [0, 0.05) is 31.0 Å². The average Bonchev–Trinajstić information content (AvgIpc) is 1.56. The second-order valence-corrected chi connectivity index (χ2v) is 6.91. The van der Waals surface area contributed by atoms with Crippen LogP contribution in [0.1, 0.15) is 0 Å². The lowest BCUT2D eigenvalue weighted by molar-refractivity contribution is 0.594. The van der Waals surface area contributed by atoms with Crippen molar-refractivity contribution in [2.24, 2.45) is 3.77 Å². The van der Waals surface area contributed by atoms with E-state index in [0.29, 0.717) is 0 Å². The summed E-state index contributed by atoms with van der Waals surface area (Å²) in [7, 11) is 0.752. The maximum Gasteiger partial charge on any atom is 0.348 e. The first-order valence-electron chi connectivity index (χ1n) is 2.50. The topological polar surface area (TPSA) is 66.8 Å². The maximum absolute atomic E-state index is 11.2. The molecule has 0 aliphatic rings. The van der Waals surface area contributed by atoms with Crippen molar-refractivity contribution in [2.75, 3.05) is 20.4 Å². The zero-order valence-corrected chi connectivity index (χ0v) is 8.70. The van der Waals surface area contributed by atoms with Gasteiger partial charge >= 0.3 is 9.24 Å². The Morgan fingerprint density at radius 2 is 1.64 bits per heavy atom. The predicted molar refractivity (Wildman–Crippen MR) is 45.0 cm³/mol. The van der Waals surface area contributed by atoms with Crippen molar-refractivity contribution in [1.29, 1.82) is 0 Å². The van der Waals surface area contributed by atoms with Crippen molar-refractivity contribution in [3.8, 4) is 0 Å². The van der Waals surface area contributed by atoms with Gasteiger partial charge in [-0.05, 0) is 0 Å². The van der Waals surface area contributed by atoms with Gasteiger partial charge in [0.2, 0.25) is 0 Å². The van der Waals surface area contributed by atoms with E-state index in [1.54, 1.807) is 0 Å². The van der Waals surface area contributed by atoms with E-state index < -0.39 is 19.2 Å². The molecule has 0 saturated heterocycles. The molecule has 0 amide bonds. The number of halogens is 1. The van der Waals surface area contributed by atoms with Gasteiger partial charge in [-0.2, -0.15) is 8.42 Å². The molecular formula is C3H9ClN2O3S2. The summed E-state index contributed by atoms with van der Waals surface area (Å²) in [5, 5.41) is 0. The van der Waals surface area contributed by atoms with Gasteiger partial charge in [-0.25, -0.2) is 8.51 Å². The molecule has 0 aliphatic heterocycles. The van der Waals surface area contributed by atoms with Gasteiger partial charge in [0.15, 0.2) is 0 Å². The van der Waals surface area contributed by atoms with Crippen molar-refractivity contribution in [3.05, 3.63) is 0 Å². The minimum absolute atomic E-state index is 1.19. The van der Waals surface area contributed by atoms with Crippen molar-refractivity contribution in [2.45, 2.75) is 0 Å². The summed E-state index contributed by atoms with van der Waals surface area (Å²) in [6, 6.07) is 0. The van der Waals surface area contributed by atoms with Crippen LogP contribution in [0.15, 0.2) is 3.77 Å². The minimum atomic E-state index is -4.05. The van der Waals surface area contributed by atoms with Crippen LogP contribution in [0, 0.1) is 0 Å². The molecule has 0 bridgehead atoms. The van der Waals surface area contributed by atoms with Crippen LogP contribution < -0.4 is 0 Å². The van der Waals surface area contributed by atoms with Crippen LogP contribution in [0.4, 0.5) is 0 Å². The zero-order valence-electron chi connectivity index (χ0n) is 6.31. The second-order valence-electron chi connectivity index (χ2n) is 2.06. The van der Waals surface area contributed by atoms with Gasteiger partial charge in [-0.3, -0.25) is 0 Å². The predicted octanol–water partition coefficient (Wildman–Crippen LogP) is 0.0444. The molecule has 0 aromatic heterocycles. The van der Waals surface area contributed by atoms with Crippen molar-refractivity contribution in [3.63, 3.8) is 0 Å². The standard InChI is InChI=1S/C3H9ClN2O3S2/c1-6(2)10(3,7)5-11(4,8)9/h1-3H3/t10-/m0/s1. The molecule has 68 valence electrons. The molecule has 0 unspecified atom stereocenters. The first-order chi connectivity index (χ1) is 4.65. The summed E-state index contributed by atoms with van der Waals surface area (Å²) in [5.41, 5.74) is 0. The molecule has 0 aromatic carbocycles. The van der Waals surface area contributed by atoms with Crippen LogP contribution in [0.25, 0.3) is 0 Å². The van der Waals surface area contributed by atoms with Crippen LogP contribution in [0.3, 0.4) is 0 Å². The highest BCUT2D eigenvalue weighted by atomic mass is 35.7. The Hall–Kier alpha value is 0.150. The van der Waals surface area contributed by atoms with Gasteiger partial charge in [-0.15, -0.1) is 0 Å². The molecule has 0 radical (unpaired) electrons. The molecule has 1 atom stereocenters. The number of hydrogen-bond donors (Lipinski definition) is 0. The van der Waals surface area contributed by atoms with E-state index in [1.807, 2.05) is 0 Å². The SMILES string of the molecule is CN(C)[S@@](C)(=O)=NS(=O)(=O)Cl. The molecule has 0 saturated carbocycles. The summed E-state index contributed by atoms with van der Waals surface area (Å²) in [6.45, 7) is 0. The van der Waals surface area contributed by atoms with Gasteiger partial charge in [0.25, 0.3) is 0 Å². The average molecular weight is 221 g/mol. The van der Waals surface area contributed by atoms with Crippen molar-refractivity contribution >= 4 is 29.8 Å². The molecule has 0 N–H and O–H groups in total. The van der Waals surface area contributed by atoms with E-state index in [0.717, 1.165) is 0 Å². The fraction of sp³-hybridized carbons (Fsp3) is 1.00. The lowest BCUT2D eigenvalue weighted by Gasteiger charge is -2.09. The Morgan fingerprint density at radius 3 is 1.73 bits per heavy atom. The molecule has 0 spiro atoms. The highest BCUT2D eigenvalue weighted by molar-refractivity contribution is 8.16. The van der Waals surface area contributed by atoms with E-state index in [-0.39, 0.29) is 0 Å². The molecule has 0 fully saturated rings. The summed E-state index contributed by atoms with van der Waals surface area (Å²) in [6.07, 6.45) is 1.19. The highest BCUT2D eigenvalue weighted by Gasteiger charge is 2.10. The van der Waals surface area contributed by atoms with E-state index in [1.165, 1.54) is 24.7 Å². The number of nitrogens with zero attached hydrogens (tertiary/aromatic N) is 2. The monoisotopic (exact) mass is 220 g/mol. The molecule has 0 aromatic rings. The largest absolute Gasteiger partial charge is 0.348 e. The van der Waals surface area contributed by atoms with E-state index in [4.69, 9.17) is 10.7 Å². The quantitative estimate of drug-likeness (QED) is 0.618. The fourth-order valence-electron chi connectivity index (χ4n) is 0.232. The number of rotatable bonds is 2. The van der Waals surface area contributed by atoms with Crippen LogP contribution in [-0.4, -0.2) is 37.3 Å². The molecule has 8 heteroatoms. The summed E-state index contributed by atoms with van der Waals surface area (Å²) in [5.74, 6) is 0. The normalized spacial score (nSPS) is 17.9. The third-order valence-electron chi connectivity index (χ3n) is 0.905. The lowest BCUT2D eigenvalue weighted by atomic mass is 11.3. The van der Waals surface area contributed by atoms with Crippen molar-refractivity contribution in [1.82, 2.24) is 4.31 Å². The Labute approximate surface area is 71.2 Å². The zero-order chi connectivity index (χ0) is 9.28. The molecule has 0 aliphatic carbocycles. The maximum atomic E-state index is 11.2. The fourth-order valence-corrected chi connectivity index (χ4v) is 3.03. The minimum Gasteiger partial charge on any atom is -0.233 e. The Morgan fingerprint density at radius 1 is 1.27 bits per heavy atom. The summed E-state index contributed by atoms with van der Waals surface area (Å²) in [4.78, 5) is 0. The molecule has 5 nitrogen and oxygen atoms in total. The number of hydrogen-bond acceptors (Lipinski definition) is 3. The second kappa shape index (κ2) is 3.26. The molecule has 0 rings (SSSR count). The molecule has 11 heavy (non-hydrogen) atoms. The third-order valence-corrected chi connectivity index (χ3v) is 4.59. The summed E-state index contributed by atoms with van der Waals surface area (Å²) >= 11 is 0. The van der Waals surface area contributed by atoms with Gasteiger partial charge in [0.05, 0.1) is 0 Å². The Kier molecular flexibility index (Phi) is 3.30. The lowest BCUT2D eigenvalue weighted by Crippen LogP contribution is -2.20. The highest BCUT2D eigenvalue weighted by Crippen LogP contribution is 2.04. The summed E-state index contributed by atoms with van der Waals surface area (Å²) < 4.78 is 36.0. The molecule has 0 heterocycles. The molecular weight excluding hydrogens is 212 g/mol. The Balaban J connectivity index is 5.18. The van der Waals surface area contributed by atoms with Gasteiger partial charge in [-0.1, -0.05) is 3.77 Å².